The van der Waals surface area contributed by atoms with Gasteiger partial charge in [-0.15, -0.1) is 0 Å². The number of carbonyl (C=O) groups excluding carboxylic acids is 3. The zero-order valence-electron chi connectivity index (χ0n) is 14.6. The number of alkyl carbamates (subject to hydrolysis) is 1. The van der Waals surface area contributed by atoms with Crippen LogP contribution >= 0.6 is 0 Å². The van der Waals surface area contributed by atoms with E-state index < -0.39 is 17.6 Å². The van der Waals surface area contributed by atoms with E-state index in [4.69, 9.17) is 9.57 Å². The summed E-state index contributed by atoms with van der Waals surface area (Å²) in [6.07, 6.45) is -0.551. The molecule has 24 heavy (non-hydrogen) atoms. The minimum Gasteiger partial charge on any atom is -0.444 e. The number of hydrogen-bond acceptors (Lipinski definition) is 5. The summed E-state index contributed by atoms with van der Waals surface area (Å²) >= 11 is 0. The number of nitrogens with one attached hydrogen (secondary N) is 2. The lowest BCUT2D eigenvalue weighted by atomic mass is 10.1. The van der Waals surface area contributed by atoms with Crippen molar-refractivity contribution in [2.75, 3.05) is 6.61 Å². The minimum absolute atomic E-state index is 0.0692. The monoisotopic (exact) mass is 336 g/mol. The molecule has 0 heterocycles. The van der Waals surface area contributed by atoms with Crippen LogP contribution in [0.25, 0.3) is 0 Å². The summed E-state index contributed by atoms with van der Waals surface area (Å²) in [6, 6.07) is 5.88. The molecule has 0 fully saturated rings. The molecular weight excluding hydrogens is 312 g/mol. The highest BCUT2D eigenvalue weighted by Gasteiger charge is 2.18. The lowest BCUT2D eigenvalue weighted by Gasteiger charge is -2.21. The molecule has 2 N–H and O–H groups in total. The molecule has 1 aromatic rings. The Morgan fingerprint density at radius 2 is 1.62 bits per heavy atom. The van der Waals surface area contributed by atoms with Gasteiger partial charge in [-0.3, -0.25) is 14.4 Å². The maximum Gasteiger partial charge on any atom is 0.407 e. The zero-order valence-corrected chi connectivity index (χ0v) is 14.6. The summed E-state index contributed by atoms with van der Waals surface area (Å²) in [5, 5.41) is 2.59. The summed E-state index contributed by atoms with van der Waals surface area (Å²) in [6.45, 7) is 8.56. The maximum absolute atomic E-state index is 11.9. The lowest BCUT2D eigenvalue weighted by molar-refractivity contribution is 0.0190. The summed E-state index contributed by atoms with van der Waals surface area (Å²) < 4.78 is 5.12. The van der Waals surface area contributed by atoms with Crippen LogP contribution in [0.1, 0.15) is 55.3 Å². The van der Waals surface area contributed by atoms with E-state index in [0.717, 1.165) is 0 Å². The molecule has 1 aromatic carbocycles. The van der Waals surface area contributed by atoms with E-state index in [9.17, 15) is 14.4 Å². The second-order valence-electron chi connectivity index (χ2n) is 6.42. The van der Waals surface area contributed by atoms with Crippen molar-refractivity contribution in [3.05, 3.63) is 35.4 Å². The average Bonchev–Trinajstić information content (AvgIpc) is 2.45. The smallest absolute Gasteiger partial charge is 0.407 e. The molecule has 0 saturated heterocycles. The highest BCUT2D eigenvalue weighted by atomic mass is 16.7. The van der Waals surface area contributed by atoms with Gasteiger partial charge in [0.25, 0.3) is 5.91 Å². The molecule has 2 amide bonds. The van der Waals surface area contributed by atoms with E-state index in [1.165, 1.54) is 19.1 Å². The van der Waals surface area contributed by atoms with Crippen molar-refractivity contribution in [3.63, 3.8) is 0 Å². The largest absolute Gasteiger partial charge is 0.444 e. The standard InChI is InChI=1S/C17H24N2O5/c1-11(18-16(22)24-17(3,4)5)10-23-19-15(21)14-8-6-13(7-9-14)12(2)20/h6-9,11H,10H2,1-5H3,(H,18,22)(H,19,21). The number of hydroxylamine groups is 1. The highest BCUT2D eigenvalue weighted by Crippen LogP contribution is 2.07. The zero-order chi connectivity index (χ0) is 18.3. The van der Waals surface area contributed by atoms with E-state index in [0.29, 0.717) is 11.1 Å². The molecule has 7 nitrogen and oxygen atoms in total. The van der Waals surface area contributed by atoms with Crippen LogP contribution in [0.4, 0.5) is 4.79 Å². The minimum atomic E-state index is -0.578. The fourth-order valence-electron chi connectivity index (χ4n) is 1.70. The SMILES string of the molecule is CC(=O)c1ccc(C(=O)NOCC(C)NC(=O)OC(C)(C)C)cc1. The summed E-state index contributed by atoms with van der Waals surface area (Å²) in [4.78, 5) is 39.7. The predicted molar refractivity (Wildman–Crippen MR) is 88.7 cm³/mol. The molecular formula is C17H24N2O5. The van der Waals surface area contributed by atoms with Gasteiger partial charge in [-0.25, -0.2) is 10.3 Å². The molecule has 1 rings (SSSR count). The predicted octanol–water partition coefficient (Wildman–Crippen LogP) is 2.46. The molecule has 0 aliphatic carbocycles. The van der Waals surface area contributed by atoms with Crippen LogP contribution in [0.15, 0.2) is 24.3 Å². The Hall–Kier alpha value is -2.41. The van der Waals surface area contributed by atoms with Gasteiger partial charge in [0.15, 0.2) is 5.78 Å². The molecule has 0 aliphatic rings. The first-order valence-corrected chi connectivity index (χ1v) is 7.61. The fraction of sp³-hybridized carbons (Fsp3) is 0.471. The van der Waals surface area contributed by atoms with Gasteiger partial charge >= 0.3 is 6.09 Å². The molecule has 1 atom stereocenters. The van der Waals surface area contributed by atoms with Crippen LogP contribution in [-0.4, -0.2) is 36.0 Å². The van der Waals surface area contributed by atoms with Crippen molar-refractivity contribution in [1.29, 1.82) is 0 Å². The van der Waals surface area contributed by atoms with E-state index in [1.54, 1.807) is 39.8 Å². The van der Waals surface area contributed by atoms with Crippen molar-refractivity contribution in [1.82, 2.24) is 10.8 Å². The second-order valence-corrected chi connectivity index (χ2v) is 6.42. The third-order valence-corrected chi connectivity index (χ3v) is 2.81. The summed E-state index contributed by atoms with van der Waals surface area (Å²) in [7, 11) is 0. The Kier molecular flexibility index (Phi) is 6.91. The van der Waals surface area contributed by atoms with Gasteiger partial charge in [-0.2, -0.15) is 0 Å². The molecule has 0 aliphatic heterocycles. The molecule has 0 spiro atoms. The Balaban J connectivity index is 2.37. The summed E-state index contributed by atoms with van der Waals surface area (Å²) in [5.74, 6) is -0.505. The first-order chi connectivity index (χ1) is 11.1. The average molecular weight is 336 g/mol. The third kappa shape index (κ3) is 7.23. The molecule has 0 radical (unpaired) electrons. The van der Waals surface area contributed by atoms with Crippen molar-refractivity contribution >= 4 is 17.8 Å². The van der Waals surface area contributed by atoms with E-state index in [-0.39, 0.29) is 18.4 Å². The molecule has 0 aromatic heterocycles. The van der Waals surface area contributed by atoms with E-state index >= 15 is 0 Å². The molecule has 0 bridgehead atoms. The van der Waals surface area contributed by atoms with Gasteiger partial charge in [-0.1, -0.05) is 12.1 Å². The quantitative estimate of drug-likeness (QED) is 0.615. The topological polar surface area (TPSA) is 93.7 Å². The number of Topliss-reactive ketones (excluding diaryl/α,β-unsaturated/α-hetero) is 1. The molecule has 132 valence electrons. The lowest BCUT2D eigenvalue weighted by Crippen LogP contribution is -2.41. The summed E-state index contributed by atoms with van der Waals surface area (Å²) in [5.41, 5.74) is 2.60. The first kappa shape index (κ1) is 19.6. The third-order valence-electron chi connectivity index (χ3n) is 2.81. The van der Waals surface area contributed by atoms with Crippen LogP contribution in [-0.2, 0) is 9.57 Å². The van der Waals surface area contributed by atoms with Gasteiger partial charge < -0.3 is 10.1 Å². The van der Waals surface area contributed by atoms with Crippen LogP contribution < -0.4 is 10.8 Å². The van der Waals surface area contributed by atoms with Gasteiger partial charge in [0.05, 0.1) is 12.6 Å². The van der Waals surface area contributed by atoms with Gasteiger partial charge in [-0.05, 0) is 46.8 Å². The molecule has 1 unspecified atom stereocenters. The van der Waals surface area contributed by atoms with Crippen LogP contribution in [0.5, 0.6) is 0 Å². The number of ketones is 1. The van der Waals surface area contributed by atoms with Crippen LogP contribution in [0.3, 0.4) is 0 Å². The van der Waals surface area contributed by atoms with Crippen molar-refractivity contribution in [2.45, 2.75) is 46.3 Å². The molecule has 0 saturated carbocycles. The van der Waals surface area contributed by atoms with Crippen molar-refractivity contribution in [3.8, 4) is 0 Å². The normalized spacial score (nSPS) is 12.2. The first-order valence-electron chi connectivity index (χ1n) is 7.61. The maximum atomic E-state index is 11.9. The van der Waals surface area contributed by atoms with E-state index in [2.05, 4.69) is 10.8 Å². The van der Waals surface area contributed by atoms with Gasteiger partial charge in [0.2, 0.25) is 0 Å². The highest BCUT2D eigenvalue weighted by molar-refractivity contribution is 5.97. The fourth-order valence-corrected chi connectivity index (χ4v) is 1.70. The Bertz CT molecular complexity index is 590. The molecule has 7 heteroatoms. The number of amides is 2. The van der Waals surface area contributed by atoms with Crippen molar-refractivity contribution in [2.24, 2.45) is 0 Å². The number of rotatable bonds is 6. The van der Waals surface area contributed by atoms with Crippen molar-refractivity contribution < 1.29 is 24.0 Å². The number of ether oxygens (including phenoxy) is 1. The Labute approximate surface area is 141 Å². The van der Waals surface area contributed by atoms with Crippen LogP contribution in [0, 0.1) is 0 Å². The second kappa shape index (κ2) is 8.44. The van der Waals surface area contributed by atoms with Gasteiger partial charge in [0.1, 0.15) is 5.60 Å². The van der Waals surface area contributed by atoms with Gasteiger partial charge in [0, 0.05) is 11.1 Å². The number of carbonyl (C=O) groups is 3. The Morgan fingerprint density at radius 3 is 2.12 bits per heavy atom. The number of hydrogen-bond donors (Lipinski definition) is 2. The number of benzene rings is 1. The van der Waals surface area contributed by atoms with E-state index in [1.807, 2.05) is 0 Å². The Morgan fingerprint density at radius 1 is 1.08 bits per heavy atom. The van der Waals surface area contributed by atoms with Crippen LogP contribution in [0.2, 0.25) is 0 Å².